The molecule has 5 nitrogen and oxygen atoms in total. The summed E-state index contributed by atoms with van der Waals surface area (Å²) in [7, 11) is 3.82. The van der Waals surface area contributed by atoms with Crippen molar-refractivity contribution in [1.29, 1.82) is 0 Å². The Kier molecular flexibility index (Phi) is 5.37. The van der Waals surface area contributed by atoms with Gasteiger partial charge in [-0.3, -0.25) is 9.69 Å². The Hall–Kier alpha value is -0.980. The molecule has 0 spiro atoms. The number of aryl methyl sites for hydroxylation is 1. The number of hydrogen-bond donors (Lipinski definition) is 2. The van der Waals surface area contributed by atoms with E-state index in [1.807, 2.05) is 31.3 Å². The van der Waals surface area contributed by atoms with Crippen molar-refractivity contribution in [2.24, 2.45) is 0 Å². The second kappa shape index (κ2) is 6.57. The molecule has 0 radical (unpaired) electrons. The highest BCUT2D eigenvalue weighted by Crippen LogP contribution is 2.13. The molecule has 16 heavy (non-hydrogen) atoms. The number of thiazole rings is 1. The third kappa shape index (κ3) is 4.69. The number of carbonyl (C=O) groups is 1. The first kappa shape index (κ1) is 13.1. The Bertz CT molecular complexity index is 339. The maximum atomic E-state index is 11.6. The second-order valence-electron chi connectivity index (χ2n) is 3.68. The van der Waals surface area contributed by atoms with E-state index < -0.39 is 0 Å². The predicted octanol–water partition coefficient (Wildman–Crippen LogP) is 0.541. The summed E-state index contributed by atoms with van der Waals surface area (Å²) >= 11 is 1.45. The van der Waals surface area contributed by atoms with Crippen LogP contribution in [0.25, 0.3) is 0 Å². The largest absolute Gasteiger partial charge is 0.318 e. The number of amides is 1. The molecule has 6 heteroatoms. The lowest BCUT2D eigenvalue weighted by Gasteiger charge is -2.14. The van der Waals surface area contributed by atoms with Gasteiger partial charge in [-0.2, -0.15) is 0 Å². The molecule has 1 heterocycles. The molecular weight excluding hydrogens is 224 g/mol. The van der Waals surface area contributed by atoms with Crippen molar-refractivity contribution in [3.8, 4) is 0 Å². The van der Waals surface area contributed by atoms with Crippen molar-refractivity contribution < 1.29 is 4.79 Å². The molecule has 1 aromatic rings. The van der Waals surface area contributed by atoms with Crippen LogP contribution >= 0.6 is 11.3 Å². The van der Waals surface area contributed by atoms with Crippen molar-refractivity contribution in [2.75, 3.05) is 39.0 Å². The van der Waals surface area contributed by atoms with Gasteiger partial charge in [0.25, 0.3) is 0 Å². The fourth-order valence-electron chi connectivity index (χ4n) is 1.20. The number of carbonyl (C=O) groups excluding carboxylic acids is 1. The molecular formula is C10H18N4OS. The van der Waals surface area contributed by atoms with Gasteiger partial charge in [-0.25, -0.2) is 4.98 Å². The van der Waals surface area contributed by atoms with E-state index in [0.717, 1.165) is 18.8 Å². The SMILES string of the molecule is CNCCN(C)CC(=O)Nc1nc(C)cs1. The molecule has 0 unspecified atom stereocenters. The second-order valence-corrected chi connectivity index (χ2v) is 4.54. The minimum Gasteiger partial charge on any atom is -0.318 e. The van der Waals surface area contributed by atoms with Crippen LogP contribution in [0.2, 0.25) is 0 Å². The number of anilines is 1. The Balaban J connectivity index is 2.30. The van der Waals surface area contributed by atoms with Gasteiger partial charge in [0.05, 0.1) is 12.2 Å². The van der Waals surface area contributed by atoms with Crippen molar-refractivity contribution in [3.05, 3.63) is 11.1 Å². The zero-order chi connectivity index (χ0) is 12.0. The zero-order valence-electron chi connectivity index (χ0n) is 9.91. The number of rotatable bonds is 6. The molecule has 2 N–H and O–H groups in total. The van der Waals surface area contributed by atoms with Crippen LogP contribution in [-0.2, 0) is 4.79 Å². The lowest BCUT2D eigenvalue weighted by molar-refractivity contribution is -0.117. The summed E-state index contributed by atoms with van der Waals surface area (Å²) in [6.07, 6.45) is 0. The maximum absolute atomic E-state index is 11.6. The first-order valence-electron chi connectivity index (χ1n) is 5.17. The lowest BCUT2D eigenvalue weighted by atomic mass is 10.5. The van der Waals surface area contributed by atoms with Crippen LogP contribution in [0.1, 0.15) is 5.69 Å². The average molecular weight is 242 g/mol. The smallest absolute Gasteiger partial charge is 0.240 e. The summed E-state index contributed by atoms with van der Waals surface area (Å²) in [4.78, 5) is 17.7. The third-order valence-electron chi connectivity index (χ3n) is 2.02. The standard InChI is InChI=1S/C10H18N4OS/c1-8-7-16-10(12-8)13-9(15)6-14(3)5-4-11-2/h7,11H,4-6H2,1-3H3,(H,12,13,15). The van der Waals surface area contributed by atoms with Crippen LogP contribution in [0.5, 0.6) is 0 Å². The van der Waals surface area contributed by atoms with E-state index in [4.69, 9.17) is 0 Å². The van der Waals surface area contributed by atoms with E-state index in [-0.39, 0.29) is 5.91 Å². The number of aromatic nitrogens is 1. The number of nitrogens with one attached hydrogen (secondary N) is 2. The fourth-order valence-corrected chi connectivity index (χ4v) is 1.90. The molecule has 1 aromatic heterocycles. The third-order valence-corrected chi connectivity index (χ3v) is 2.90. The highest BCUT2D eigenvalue weighted by Gasteiger charge is 2.07. The molecule has 0 aliphatic heterocycles. The number of likely N-dealkylation sites (N-methyl/N-ethyl adjacent to an activating group) is 2. The molecule has 90 valence electrons. The molecule has 0 aliphatic carbocycles. The topological polar surface area (TPSA) is 57.3 Å². The van der Waals surface area contributed by atoms with Crippen LogP contribution in [0.15, 0.2) is 5.38 Å². The van der Waals surface area contributed by atoms with Gasteiger partial charge >= 0.3 is 0 Å². The quantitative estimate of drug-likeness (QED) is 0.764. The summed E-state index contributed by atoms with van der Waals surface area (Å²) in [5.74, 6) is -0.0204. The molecule has 0 aliphatic rings. The van der Waals surface area contributed by atoms with Gasteiger partial charge in [0.15, 0.2) is 5.13 Å². The van der Waals surface area contributed by atoms with Gasteiger partial charge in [-0.15, -0.1) is 11.3 Å². The zero-order valence-corrected chi connectivity index (χ0v) is 10.7. The maximum Gasteiger partial charge on any atom is 0.240 e. The van der Waals surface area contributed by atoms with E-state index in [9.17, 15) is 4.79 Å². The van der Waals surface area contributed by atoms with Crippen molar-refractivity contribution >= 4 is 22.4 Å². The summed E-state index contributed by atoms with van der Waals surface area (Å²) in [6, 6.07) is 0. The lowest BCUT2D eigenvalue weighted by Crippen LogP contribution is -2.34. The monoisotopic (exact) mass is 242 g/mol. The minimum absolute atomic E-state index is 0.0204. The van der Waals surface area contributed by atoms with Gasteiger partial charge in [0.2, 0.25) is 5.91 Å². The molecule has 0 bridgehead atoms. The highest BCUT2D eigenvalue weighted by atomic mass is 32.1. The van der Waals surface area contributed by atoms with Crippen LogP contribution in [0, 0.1) is 6.92 Å². The Labute approximate surface area is 99.9 Å². The number of hydrogen-bond acceptors (Lipinski definition) is 5. The molecule has 0 atom stereocenters. The number of nitrogens with zero attached hydrogens (tertiary/aromatic N) is 2. The van der Waals surface area contributed by atoms with E-state index in [1.165, 1.54) is 11.3 Å². The highest BCUT2D eigenvalue weighted by molar-refractivity contribution is 7.13. The van der Waals surface area contributed by atoms with Gasteiger partial charge in [-0.05, 0) is 21.0 Å². The van der Waals surface area contributed by atoms with Crippen LogP contribution < -0.4 is 10.6 Å². The molecule has 0 saturated carbocycles. The van der Waals surface area contributed by atoms with Crippen molar-refractivity contribution in [2.45, 2.75) is 6.92 Å². The molecule has 1 amide bonds. The summed E-state index contributed by atoms with van der Waals surface area (Å²) in [6.45, 7) is 4.02. The predicted molar refractivity (Wildman–Crippen MR) is 66.9 cm³/mol. The first-order valence-corrected chi connectivity index (χ1v) is 6.05. The Morgan fingerprint density at radius 3 is 2.94 bits per heavy atom. The van der Waals surface area contributed by atoms with Gasteiger partial charge in [0.1, 0.15) is 0 Å². The van der Waals surface area contributed by atoms with Crippen molar-refractivity contribution in [3.63, 3.8) is 0 Å². The first-order chi connectivity index (χ1) is 7.61. The van der Waals surface area contributed by atoms with Gasteiger partial charge in [0, 0.05) is 18.5 Å². The Morgan fingerprint density at radius 2 is 2.38 bits per heavy atom. The average Bonchev–Trinajstić information content (AvgIpc) is 2.60. The summed E-state index contributed by atoms with van der Waals surface area (Å²) in [5.41, 5.74) is 0.934. The van der Waals surface area contributed by atoms with Gasteiger partial charge < -0.3 is 10.6 Å². The van der Waals surface area contributed by atoms with E-state index >= 15 is 0 Å². The molecule has 0 saturated heterocycles. The van der Waals surface area contributed by atoms with Crippen molar-refractivity contribution in [1.82, 2.24) is 15.2 Å². The normalized spacial score (nSPS) is 10.8. The fraction of sp³-hybridized carbons (Fsp3) is 0.600. The summed E-state index contributed by atoms with van der Waals surface area (Å²) < 4.78 is 0. The van der Waals surface area contributed by atoms with Crippen LogP contribution in [0.4, 0.5) is 5.13 Å². The Morgan fingerprint density at radius 1 is 1.62 bits per heavy atom. The van der Waals surface area contributed by atoms with Crippen LogP contribution in [-0.4, -0.2) is 49.5 Å². The van der Waals surface area contributed by atoms with Gasteiger partial charge in [-0.1, -0.05) is 0 Å². The molecule has 0 fully saturated rings. The molecule has 0 aromatic carbocycles. The van der Waals surface area contributed by atoms with Crippen LogP contribution in [0.3, 0.4) is 0 Å². The van der Waals surface area contributed by atoms with E-state index in [0.29, 0.717) is 11.7 Å². The van der Waals surface area contributed by atoms with E-state index in [2.05, 4.69) is 15.6 Å². The molecule has 1 rings (SSSR count). The minimum atomic E-state index is -0.0204. The summed E-state index contributed by atoms with van der Waals surface area (Å²) in [5, 5.41) is 8.41. The van der Waals surface area contributed by atoms with E-state index in [1.54, 1.807) is 0 Å².